The third-order valence-corrected chi connectivity index (χ3v) is 4.06. The van der Waals surface area contributed by atoms with Gasteiger partial charge < -0.3 is 4.13 Å². The quantitative estimate of drug-likeness (QED) is 0.686. The average Bonchev–Trinajstić information content (AvgIpc) is 2.37. The molecule has 7 nitrogen and oxygen atoms in total. The van der Waals surface area contributed by atoms with Gasteiger partial charge in [-0.25, -0.2) is 16.8 Å². The largest absolute Gasteiger partial charge is 1.00 e. The van der Waals surface area contributed by atoms with E-state index in [0.29, 0.717) is 12.5 Å². The minimum Gasteiger partial charge on any atom is -0.437 e. The van der Waals surface area contributed by atoms with E-state index < -0.39 is 20.0 Å². The Morgan fingerprint density at radius 1 is 0.750 bits per heavy atom. The zero-order valence-electron chi connectivity index (χ0n) is 13.7. The zero-order chi connectivity index (χ0) is 17.9. The van der Waals surface area contributed by atoms with Crippen molar-refractivity contribution in [3.8, 4) is 0 Å². The molecule has 138 valence electrons. The maximum Gasteiger partial charge on any atom is 1.00 e. The summed E-state index contributed by atoms with van der Waals surface area (Å²) >= 11 is 0. The molecular weight excluding hydrogens is 402 g/mol. The van der Waals surface area contributed by atoms with Crippen LogP contribution >= 0.6 is 0 Å². The maximum atomic E-state index is 10.1. The summed E-state index contributed by atoms with van der Waals surface area (Å²) in [6, 6.07) is 11.7. The minimum absolute atomic E-state index is 0. The Hall–Kier alpha value is -1.32. The summed E-state index contributed by atoms with van der Waals surface area (Å²) in [6.07, 6.45) is 5.01. The van der Waals surface area contributed by atoms with Crippen molar-refractivity contribution in [3.63, 3.8) is 0 Å². The maximum absolute atomic E-state index is 10.1. The number of pyridine rings is 2. The van der Waals surface area contributed by atoms with Crippen LogP contribution in [0.15, 0.2) is 48.8 Å². The third kappa shape index (κ3) is 18.7. The second-order valence-electron chi connectivity index (χ2n) is 4.48. The van der Waals surface area contributed by atoms with Gasteiger partial charge in [0.25, 0.3) is 0 Å². The summed E-state index contributed by atoms with van der Waals surface area (Å²) in [5, 5.41) is 0. The fourth-order valence-corrected chi connectivity index (χ4v) is 3.11. The van der Waals surface area contributed by atoms with Crippen molar-refractivity contribution in [3.05, 3.63) is 64.3 Å². The van der Waals surface area contributed by atoms with Gasteiger partial charge in [-0.3, -0.25) is 9.97 Å². The number of nitrogens with zero attached hydrogens (tertiary/aromatic N) is 3. The number of rotatable bonds is 2. The van der Waals surface area contributed by atoms with E-state index in [1.165, 1.54) is 0 Å². The second-order valence-corrected chi connectivity index (χ2v) is 8.01. The average molecular weight is 422 g/mol. The molecule has 24 heavy (non-hydrogen) atoms. The van der Waals surface area contributed by atoms with Gasteiger partial charge in [0.05, 0.1) is 20.0 Å². The van der Waals surface area contributed by atoms with Gasteiger partial charge in [0, 0.05) is 36.3 Å². The van der Waals surface area contributed by atoms with Crippen molar-refractivity contribution in [2.75, 3.05) is 12.5 Å². The number of hydrogen-bond donors (Lipinski definition) is 0. The molecule has 2 rings (SSSR count). The summed E-state index contributed by atoms with van der Waals surface area (Å²) in [4.78, 5) is 7.96. The van der Waals surface area contributed by atoms with Gasteiger partial charge in [0.2, 0.25) is 0 Å². The Bertz CT molecular complexity index is 701. The van der Waals surface area contributed by atoms with E-state index >= 15 is 0 Å². The second kappa shape index (κ2) is 12.1. The topological polar surface area (TPSA) is 108 Å². The van der Waals surface area contributed by atoms with Crippen molar-refractivity contribution in [2.45, 2.75) is 13.8 Å². The van der Waals surface area contributed by atoms with E-state index in [4.69, 9.17) is 0 Å². The van der Waals surface area contributed by atoms with Crippen LogP contribution in [0.3, 0.4) is 0 Å². The first-order valence-corrected chi connectivity index (χ1v) is 10.1. The zero-order valence-corrected chi connectivity index (χ0v) is 16.3. The molecule has 0 saturated carbocycles. The van der Waals surface area contributed by atoms with Crippen LogP contribution in [0.1, 0.15) is 11.4 Å². The molecule has 0 unspecified atom stereocenters. The normalized spacial score (nSPS) is 10.2. The molecule has 2 aromatic rings. The monoisotopic (exact) mass is 421 g/mol. The molecule has 0 aliphatic heterocycles. The molecule has 0 spiro atoms. The van der Waals surface area contributed by atoms with Crippen LogP contribution in [0.2, 0.25) is 0 Å². The first-order valence-electron chi connectivity index (χ1n) is 6.39. The molecule has 2 heterocycles. The summed E-state index contributed by atoms with van der Waals surface area (Å²) in [7, 11) is -7.49. The smallest absolute Gasteiger partial charge is 0.437 e. The fourth-order valence-electron chi connectivity index (χ4n) is 1.14. The van der Waals surface area contributed by atoms with E-state index in [2.05, 4.69) is 14.1 Å². The standard InChI is InChI=1S/2C6H7N.C2H6NO4S2.Cu/c2*1-6-4-2-3-5-7-6;1-8(4,5)3-9(2,6)7;/h2*2-5H,1H3;1-2H3;/q;;-1;+1. The van der Waals surface area contributed by atoms with E-state index in [-0.39, 0.29) is 17.1 Å². The van der Waals surface area contributed by atoms with Gasteiger partial charge in [-0.05, 0) is 38.1 Å². The summed E-state index contributed by atoms with van der Waals surface area (Å²) in [6.45, 7) is 3.94. The van der Waals surface area contributed by atoms with E-state index in [9.17, 15) is 16.8 Å². The summed E-state index contributed by atoms with van der Waals surface area (Å²) < 4.78 is 42.9. The van der Waals surface area contributed by atoms with Crippen LogP contribution in [-0.2, 0) is 37.1 Å². The number of hydrogen-bond acceptors (Lipinski definition) is 6. The Morgan fingerprint density at radius 3 is 1.17 bits per heavy atom. The van der Waals surface area contributed by atoms with Crippen molar-refractivity contribution in [1.29, 1.82) is 0 Å². The van der Waals surface area contributed by atoms with E-state index in [0.717, 1.165) is 11.4 Å². The summed E-state index contributed by atoms with van der Waals surface area (Å²) in [5.41, 5.74) is 2.14. The number of sulfonamides is 2. The molecule has 0 fully saturated rings. The molecule has 2 aromatic heterocycles. The van der Waals surface area contributed by atoms with E-state index in [1.807, 2.05) is 50.2 Å². The molecule has 10 heteroatoms. The molecule has 0 atom stereocenters. The molecule has 0 saturated heterocycles. The molecule has 0 amide bonds. The van der Waals surface area contributed by atoms with Crippen molar-refractivity contribution < 1.29 is 33.9 Å². The Balaban J connectivity index is 0. The first kappa shape index (κ1) is 24.9. The van der Waals surface area contributed by atoms with Gasteiger partial charge in [-0.15, -0.1) is 0 Å². The summed E-state index contributed by atoms with van der Waals surface area (Å²) in [5.74, 6) is 0. The minimum atomic E-state index is -3.74. The van der Waals surface area contributed by atoms with Crippen LogP contribution < -0.4 is 0 Å². The van der Waals surface area contributed by atoms with Crippen LogP contribution in [-0.4, -0.2) is 39.3 Å². The Morgan fingerprint density at radius 2 is 1.08 bits per heavy atom. The SMILES string of the molecule is CS(=O)(=O)[N-]S(C)(=O)=O.Cc1ccccn1.Cc1ccccn1.[Cu+]. The molecule has 0 aromatic carbocycles. The van der Waals surface area contributed by atoms with Gasteiger partial charge in [-0.2, -0.15) is 0 Å². The van der Waals surface area contributed by atoms with E-state index in [1.54, 1.807) is 12.4 Å². The molecular formula is C14H20CuN3O4S2. The van der Waals surface area contributed by atoms with Gasteiger partial charge >= 0.3 is 17.1 Å². The van der Waals surface area contributed by atoms with Crippen LogP contribution in [0, 0.1) is 13.8 Å². The molecule has 0 radical (unpaired) electrons. The molecule has 0 aliphatic carbocycles. The first-order chi connectivity index (χ1) is 10.5. The molecule has 0 aliphatic rings. The van der Waals surface area contributed by atoms with Crippen molar-refractivity contribution in [1.82, 2.24) is 9.97 Å². The predicted octanol–water partition coefficient (Wildman–Crippen LogP) is 2.06. The molecule has 0 N–H and O–H groups in total. The van der Waals surface area contributed by atoms with Gasteiger partial charge in [0.1, 0.15) is 0 Å². The van der Waals surface area contributed by atoms with Crippen LogP contribution in [0.25, 0.3) is 4.13 Å². The van der Waals surface area contributed by atoms with Gasteiger partial charge in [0.15, 0.2) is 0 Å². The Labute approximate surface area is 154 Å². The van der Waals surface area contributed by atoms with Gasteiger partial charge in [-0.1, -0.05) is 12.1 Å². The van der Waals surface area contributed by atoms with Crippen LogP contribution in [0.4, 0.5) is 0 Å². The Kier molecular flexibility index (Phi) is 12.6. The third-order valence-electron chi connectivity index (χ3n) is 1.90. The molecule has 0 bridgehead atoms. The van der Waals surface area contributed by atoms with Crippen LogP contribution in [0.5, 0.6) is 0 Å². The fraction of sp³-hybridized carbons (Fsp3) is 0.286. The van der Waals surface area contributed by atoms with Crippen molar-refractivity contribution >= 4 is 20.0 Å². The van der Waals surface area contributed by atoms with Crippen molar-refractivity contribution in [2.24, 2.45) is 0 Å². The number of aromatic nitrogens is 2. The number of aryl methyl sites for hydroxylation is 2. The predicted molar refractivity (Wildman–Crippen MR) is 91.0 cm³/mol.